The van der Waals surface area contributed by atoms with Gasteiger partial charge in [0.25, 0.3) is 0 Å². The molecule has 4 heterocycles. The largest absolute Gasteiger partial charge is 0.352 e. The van der Waals surface area contributed by atoms with Gasteiger partial charge in [0.2, 0.25) is 5.91 Å². The normalized spacial score (nSPS) is 24.3. The molecule has 1 saturated heterocycles. The lowest BCUT2D eigenvalue weighted by molar-refractivity contribution is -0.121. The number of fused-ring (bicyclic) bond motifs is 6. The second-order valence-electron chi connectivity index (χ2n) is 11.1. The quantitative estimate of drug-likeness (QED) is 0.294. The average molecular weight is 545 g/mol. The number of benzene rings is 3. The van der Waals surface area contributed by atoms with E-state index >= 15 is 0 Å². The SMILES string of the molecule is CC1=C[C@@H]2N(c3ccc(C)cc31)[C@H](C(=O)c1ccc(C)cc1)[C@@H](C(=O)c1cccs1)[C@@]21C(=O)Nc2ccccc21. The van der Waals surface area contributed by atoms with Gasteiger partial charge in [-0.25, -0.2) is 0 Å². The maximum Gasteiger partial charge on any atom is 0.238 e. The molecule has 3 aromatic carbocycles. The first-order valence-electron chi connectivity index (χ1n) is 13.5. The molecular formula is C34H28N2O3S. The number of hydrogen-bond acceptors (Lipinski definition) is 5. The van der Waals surface area contributed by atoms with Crippen LogP contribution in [0.1, 0.15) is 49.2 Å². The standard InChI is InChI=1S/C34H28N2O3S/c1-19-10-13-22(14-11-19)31(37)30-29(32(38)27-9-6-16-40-27)34(24-7-4-5-8-25(24)35-33(34)39)28-18-21(3)23-17-20(2)12-15-26(23)36(28)30/h4-18,28-30H,1-3H3,(H,35,39)/t28-,29-,30-,34-/m0/s1. The maximum atomic E-state index is 14.7. The van der Waals surface area contributed by atoms with Crippen LogP contribution in [-0.2, 0) is 10.2 Å². The van der Waals surface area contributed by atoms with E-state index in [0.29, 0.717) is 16.1 Å². The Bertz CT molecular complexity index is 1740. The number of ketones is 2. The number of amides is 1. The van der Waals surface area contributed by atoms with Crippen molar-refractivity contribution in [2.24, 2.45) is 5.92 Å². The fourth-order valence-electron chi connectivity index (χ4n) is 7.01. The molecule has 6 heteroatoms. The van der Waals surface area contributed by atoms with E-state index in [2.05, 4.69) is 22.4 Å². The van der Waals surface area contributed by atoms with Gasteiger partial charge in [0, 0.05) is 22.5 Å². The van der Waals surface area contributed by atoms with Crippen molar-refractivity contribution < 1.29 is 14.4 Å². The molecule has 4 atom stereocenters. The van der Waals surface area contributed by atoms with Crippen LogP contribution in [0.3, 0.4) is 0 Å². The Morgan fingerprint density at radius 1 is 0.875 bits per heavy atom. The molecule has 40 heavy (non-hydrogen) atoms. The number of rotatable bonds is 4. The highest BCUT2D eigenvalue weighted by Crippen LogP contribution is 2.59. The first-order valence-corrected chi connectivity index (χ1v) is 14.4. The molecule has 7 rings (SSSR count). The van der Waals surface area contributed by atoms with Gasteiger partial charge in [-0.05, 0) is 61.6 Å². The number of allylic oxidation sites excluding steroid dienone is 1. The summed E-state index contributed by atoms with van der Waals surface area (Å²) in [7, 11) is 0. The molecule has 1 spiro atoms. The summed E-state index contributed by atoms with van der Waals surface area (Å²) >= 11 is 1.35. The number of carbonyl (C=O) groups excluding carboxylic acids is 3. The van der Waals surface area contributed by atoms with Gasteiger partial charge in [-0.2, -0.15) is 0 Å². The van der Waals surface area contributed by atoms with Crippen LogP contribution in [-0.4, -0.2) is 29.6 Å². The van der Waals surface area contributed by atoms with E-state index in [0.717, 1.165) is 33.5 Å². The summed E-state index contributed by atoms with van der Waals surface area (Å²) in [5, 5.41) is 4.96. The molecule has 0 radical (unpaired) electrons. The third-order valence-electron chi connectivity index (χ3n) is 8.78. The Labute approximate surface area is 237 Å². The monoisotopic (exact) mass is 544 g/mol. The molecule has 1 aromatic heterocycles. The van der Waals surface area contributed by atoms with Gasteiger partial charge in [-0.15, -0.1) is 11.3 Å². The molecule has 0 aliphatic carbocycles. The van der Waals surface area contributed by atoms with Crippen LogP contribution in [0.2, 0.25) is 0 Å². The van der Waals surface area contributed by atoms with Crippen molar-refractivity contribution in [1.82, 2.24) is 0 Å². The lowest BCUT2D eigenvalue weighted by atomic mass is 9.64. The second kappa shape index (κ2) is 8.86. The van der Waals surface area contributed by atoms with Crippen molar-refractivity contribution in [3.05, 3.63) is 123 Å². The van der Waals surface area contributed by atoms with E-state index in [4.69, 9.17) is 0 Å². The van der Waals surface area contributed by atoms with E-state index in [-0.39, 0.29) is 17.5 Å². The molecule has 1 N–H and O–H groups in total. The van der Waals surface area contributed by atoms with Crippen LogP contribution in [0.5, 0.6) is 0 Å². The van der Waals surface area contributed by atoms with Gasteiger partial charge < -0.3 is 10.2 Å². The Kier molecular flexibility index (Phi) is 5.48. The minimum atomic E-state index is -1.29. The molecule has 0 bridgehead atoms. The van der Waals surface area contributed by atoms with E-state index in [9.17, 15) is 14.4 Å². The fraction of sp³-hybridized carbons (Fsp3) is 0.206. The van der Waals surface area contributed by atoms with Crippen LogP contribution >= 0.6 is 11.3 Å². The number of nitrogens with zero attached hydrogens (tertiary/aromatic N) is 1. The third kappa shape index (κ3) is 3.29. The van der Waals surface area contributed by atoms with Crippen molar-refractivity contribution in [1.29, 1.82) is 0 Å². The second-order valence-corrected chi connectivity index (χ2v) is 12.0. The van der Waals surface area contributed by atoms with Crippen LogP contribution in [0.15, 0.2) is 90.3 Å². The van der Waals surface area contributed by atoms with Gasteiger partial charge in [0.15, 0.2) is 11.6 Å². The smallest absolute Gasteiger partial charge is 0.238 e. The minimum absolute atomic E-state index is 0.159. The first kappa shape index (κ1) is 24.7. The lowest BCUT2D eigenvalue weighted by Crippen LogP contribution is -2.51. The van der Waals surface area contributed by atoms with E-state index in [1.165, 1.54) is 11.3 Å². The zero-order valence-corrected chi connectivity index (χ0v) is 23.3. The maximum absolute atomic E-state index is 14.7. The number of thiophene rings is 1. The predicted molar refractivity (Wildman–Crippen MR) is 159 cm³/mol. The summed E-state index contributed by atoms with van der Waals surface area (Å²) in [4.78, 5) is 46.3. The summed E-state index contributed by atoms with van der Waals surface area (Å²) in [6.45, 7) is 6.08. The Morgan fingerprint density at radius 2 is 1.62 bits per heavy atom. The highest BCUT2D eigenvalue weighted by molar-refractivity contribution is 7.12. The molecule has 5 nitrogen and oxygen atoms in total. The highest BCUT2D eigenvalue weighted by Gasteiger charge is 2.70. The lowest BCUT2D eigenvalue weighted by Gasteiger charge is -2.39. The van der Waals surface area contributed by atoms with Crippen LogP contribution in [0.4, 0.5) is 11.4 Å². The Hall–Kier alpha value is -4.29. The zero-order valence-electron chi connectivity index (χ0n) is 22.5. The summed E-state index contributed by atoms with van der Waals surface area (Å²) in [6.07, 6.45) is 2.10. The number of aryl methyl sites for hydroxylation is 2. The van der Waals surface area contributed by atoms with Crippen molar-refractivity contribution in [2.75, 3.05) is 10.2 Å². The van der Waals surface area contributed by atoms with Gasteiger partial charge in [0.1, 0.15) is 11.5 Å². The third-order valence-corrected chi connectivity index (χ3v) is 9.67. The topological polar surface area (TPSA) is 66.5 Å². The van der Waals surface area contributed by atoms with Crippen molar-refractivity contribution in [2.45, 2.75) is 38.3 Å². The van der Waals surface area contributed by atoms with E-state index in [1.54, 1.807) is 6.07 Å². The van der Waals surface area contributed by atoms with Crippen molar-refractivity contribution >= 4 is 45.8 Å². The summed E-state index contributed by atoms with van der Waals surface area (Å²) in [5.41, 5.74) is 5.78. The average Bonchev–Trinajstić information content (AvgIpc) is 3.66. The van der Waals surface area contributed by atoms with Gasteiger partial charge in [0.05, 0.1) is 16.8 Å². The highest BCUT2D eigenvalue weighted by atomic mass is 32.1. The Balaban J connectivity index is 1.56. The molecule has 1 fully saturated rings. The number of anilines is 2. The molecular weight excluding hydrogens is 516 g/mol. The predicted octanol–water partition coefficient (Wildman–Crippen LogP) is 6.61. The number of hydrogen-bond donors (Lipinski definition) is 1. The van der Waals surface area contributed by atoms with E-state index in [1.807, 2.05) is 92.9 Å². The number of nitrogens with one attached hydrogen (secondary N) is 1. The van der Waals surface area contributed by atoms with Gasteiger partial charge >= 0.3 is 0 Å². The van der Waals surface area contributed by atoms with Crippen molar-refractivity contribution in [3.8, 4) is 0 Å². The zero-order chi connectivity index (χ0) is 27.8. The molecule has 0 saturated carbocycles. The molecule has 3 aliphatic heterocycles. The minimum Gasteiger partial charge on any atom is -0.352 e. The molecule has 4 aromatic rings. The molecule has 0 unspecified atom stereocenters. The van der Waals surface area contributed by atoms with Crippen LogP contribution in [0, 0.1) is 19.8 Å². The van der Waals surface area contributed by atoms with Crippen LogP contribution < -0.4 is 10.2 Å². The van der Waals surface area contributed by atoms with Gasteiger partial charge in [-0.1, -0.05) is 71.8 Å². The van der Waals surface area contributed by atoms with Gasteiger partial charge in [-0.3, -0.25) is 14.4 Å². The van der Waals surface area contributed by atoms with Crippen LogP contribution in [0.25, 0.3) is 5.57 Å². The van der Waals surface area contributed by atoms with E-state index < -0.39 is 23.4 Å². The fourth-order valence-corrected chi connectivity index (χ4v) is 7.71. The number of carbonyl (C=O) groups is 3. The summed E-state index contributed by atoms with van der Waals surface area (Å²) in [6, 6.07) is 23.5. The van der Waals surface area contributed by atoms with Crippen molar-refractivity contribution in [3.63, 3.8) is 0 Å². The number of Topliss-reactive ketones (excluding diaryl/α,β-unsaturated/α-hetero) is 2. The summed E-state index contributed by atoms with van der Waals surface area (Å²) < 4.78 is 0. The Morgan fingerprint density at radius 3 is 2.38 bits per heavy atom. The first-order chi connectivity index (χ1) is 19.3. The number of para-hydroxylation sites is 1. The molecule has 1 amide bonds. The summed E-state index contributed by atoms with van der Waals surface area (Å²) in [5.74, 6) is -1.52. The molecule has 198 valence electrons. The molecule has 3 aliphatic rings.